The van der Waals surface area contributed by atoms with E-state index in [1.54, 1.807) is 0 Å². The van der Waals surface area contributed by atoms with Crippen LogP contribution in [0.25, 0.3) is 0 Å². The molecule has 11 heteroatoms. The normalized spacial score (nSPS) is 12.1. The summed E-state index contributed by atoms with van der Waals surface area (Å²) in [6.45, 7) is 0. The van der Waals surface area contributed by atoms with Crippen LogP contribution in [-0.4, -0.2) is 41.9 Å². The van der Waals surface area contributed by atoms with Gasteiger partial charge in [-0.05, 0) is 42.3 Å². The number of carbonyl (C=O) groups is 1. The van der Waals surface area contributed by atoms with Gasteiger partial charge in [-0.1, -0.05) is 6.07 Å². The maximum atomic E-state index is 12.2. The number of hydrogen-bond donors (Lipinski definition) is 4. The fourth-order valence-corrected chi connectivity index (χ4v) is 3.46. The number of aryl methyl sites for hydroxylation is 1. The maximum absolute atomic E-state index is 12.2. The first-order valence-electron chi connectivity index (χ1n) is 7.02. The minimum Gasteiger partial charge on any atom is -0.506 e. The smallest absolute Gasteiger partial charge is 0.298 e. The Kier molecular flexibility index (Phi) is 5.37. The number of Topliss-reactive ketones (excluding diaryl/α,β-unsaturated/α-hetero) is 1. The van der Waals surface area contributed by atoms with Gasteiger partial charge in [-0.15, -0.1) is 0 Å². The minimum atomic E-state index is -4.71. The molecule has 2 aromatic carbocycles. The highest BCUT2D eigenvalue weighted by atomic mass is 32.2. The molecule has 4 N–H and O–H groups in total. The Labute approximate surface area is 149 Å². The third-order valence-corrected chi connectivity index (χ3v) is 5.27. The van der Waals surface area contributed by atoms with Crippen molar-refractivity contribution in [3.63, 3.8) is 0 Å². The molecule has 0 atom stereocenters. The van der Waals surface area contributed by atoms with E-state index in [-0.39, 0.29) is 18.4 Å². The molecule has 140 valence electrons. The van der Waals surface area contributed by atoms with E-state index in [0.717, 1.165) is 24.3 Å². The molecule has 0 heterocycles. The zero-order valence-corrected chi connectivity index (χ0v) is 14.7. The maximum Gasteiger partial charge on any atom is 0.298 e. The Hall–Kier alpha value is -2.47. The summed E-state index contributed by atoms with van der Waals surface area (Å²) in [5, 5.41) is 18.9. The molecule has 0 aliphatic rings. The molecule has 0 saturated heterocycles. The van der Waals surface area contributed by atoms with Crippen LogP contribution < -0.4 is 0 Å². The molecule has 0 fully saturated rings. The number of phenolic OH excluding ortho intramolecular Hbond substituents is 2. The molecule has 9 nitrogen and oxygen atoms in total. The molecule has 0 amide bonds. The van der Waals surface area contributed by atoms with Gasteiger partial charge in [0, 0.05) is 12.0 Å². The highest BCUT2D eigenvalue weighted by Gasteiger charge is 2.19. The fraction of sp³-hybridized carbons (Fsp3) is 0.133. The molecule has 2 rings (SSSR count). The minimum absolute atomic E-state index is 0.0315. The van der Waals surface area contributed by atoms with E-state index >= 15 is 0 Å². The number of ketones is 1. The van der Waals surface area contributed by atoms with Crippen molar-refractivity contribution in [1.82, 2.24) is 0 Å². The SMILES string of the molecule is O=C(CCc1ccc(O)c(S(=O)(=O)O)c1)c1ccc(O)c(S(=O)(=O)O)c1. The lowest BCUT2D eigenvalue weighted by Gasteiger charge is -2.07. The molecule has 26 heavy (non-hydrogen) atoms. The Morgan fingerprint density at radius 1 is 0.808 bits per heavy atom. The van der Waals surface area contributed by atoms with Gasteiger partial charge in [0.25, 0.3) is 20.2 Å². The fourth-order valence-electron chi connectivity index (χ4n) is 2.22. The third kappa shape index (κ3) is 4.58. The van der Waals surface area contributed by atoms with Gasteiger partial charge in [0.05, 0.1) is 0 Å². The topological polar surface area (TPSA) is 166 Å². The standard InChI is InChI=1S/C15H14O9S2/c16-11(10-3-6-13(18)15(8-10)26(22,23)24)4-1-9-2-5-12(17)14(7-9)25(19,20)21/h2-3,5-8,17-18H,1,4H2,(H,19,20,21)(H,22,23,24). The lowest BCUT2D eigenvalue weighted by molar-refractivity contribution is 0.0982. The van der Waals surface area contributed by atoms with Crippen LogP contribution in [0.5, 0.6) is 11.5 Å². The zero-order chi connectivity index (χ0) is 19.7. The van der Waals surface area contributed by atoms with Crippen LogP contribution in [0.4, 0.5) is 0 Å². The van der Waals surface area contributed by atoms with E-state index in [1.165, 1.54) is 12.1 Å². The summed E-state index contributed by atoms with van der Waals surface area (Å²) in [6.07, 6.45) is -0.130. The molecule has 0 spiro atoms. The van der Waals surface area contributed by atoms with Crippen LogP contribution >= 0.6 is 0 Å². The molecular formula is C15H14O9S2. The van der Waals surface area contributed by atoms with Crippen LogP contribution in [0.3, 0.4) is 0 Å². The zero-order valence-electron chi connectivity index (χ0n) is 13.0. The van der Waals surface area contributed by atoms with Gasteiger partial charge >= 0.3 is 0 Å². The van der Waals surface area contributed by atoms with E-state index in [0.29, 0.717) is 5.56 Å². The van der Waals surface area contributed by atoms with Crippen molar-refractivity contribution in [3.8, 4) is 11.5 Å². The van der Waals surface area contributed by atoms with Crippen molar-refractivity contribution in [2.75, 3.05) is 0 Å². The summed E-state index contributed by atoms with van der Waals surface area (Å²) in [4.78, 5) is 10.7. The Balaban J connectivity index is 2.23. The van der Waals surface area contributed by atoms with Gasteiger partial charge in [-0.2, -0.15) is 16.8 Å². The predicted octanol–water partition coefficient (Wildman–Crippen LogP) is 1.41. The summed E-state index contributed by atoms with van der Waals surface area (Å²) in [6, 6.07) is 6.38. The van der Waals surface area contributed by atoms with Gasteiger partial charge in [-0.25, -0.2) is 0 Å². The molecule has 0 aliphatic carbocycles. The van der Waals surface area contributed by atoms with Crippen molar-refractivity contribution in [1.29, 1.82) is 0 Å². The van der Waals surface area contributed by atoms with Crippen LogP contribution in [0.15, 0.2) is 46.2 Å². The first-order valence-corrected chi connectivity index (χ1v) is 9.90. The first-order chi connectivity index (χ1) is 11.9. The summed E-state index contributed by atoms with van der Waals surface area (Å²) in [5.41, 5.74) is 0.252. The largest absolute Gasteiger partial charge is 0.506 e. The third-order valence-electron chi connectivity index (χ3n) is 3.50. The summed E-state index contributed by atoms with van der Waals surface area (Å²) in [5.74, 6) is -1.88. The molecule has 0 bridgehead atoms. The first kappa shape index (κ1) is 19.8. The van der Waals surface area contributed by atoms with Crippen molar-refractivity contribution < 1.29 is 40.9 Å². The highest BCUT2D eigenvalue weighted by Crippen LogP contribution is 2.26. The highest BCUT2D eigenvalue weighted by molar-refractivity contribution is 7.86. The number of hydrogen-bond acceptors (Lipinski definition) is 7. The van der Waals surface area contributed by atoms with Gasteiger partial charge in [0.15, 0.2) is 5.78 Å². The number of rotatable bonds is 6. The summed E-state index contributed by atoms with van der Waals surface area (Å²) in [7, 11) is -9.34. The molecular weight excluding hydrogens is 388 g/mol. The van der Waals surface area contributed by atoms with E-state index in [2.05, 4.69) is 0 Å². The average molecular weight is 402 g/mol. The Morgan fingerprint density at radius 2 is 1.31 bits per heavy atom. The van der Waals surface area contributed by atoms with Gasteiger partial charge in [-0.3, -0.25) is 13.9 Å². The summed E-state index contributed by atoms with van der Waals surface area (Å²) >= 11 is 0. The van der Waals surface area contributed by atoms with Crippen molar-refractivity contribution in [3.05, 3.63) is 47.5 Å². The number of phenols is 2. The second-order valence-corrected chi connectivity index (χ2v) is 8.14. The predicted molar refractivity (Wildman–Crippen MR) is 88.5 cm³/mol. The monoisotopic (exact) mass is 402 g/mol. The quantitative estimate of drug-likeness (QED) is 0.412. The molecule has 0 unspecified atom stereocenters. The molecule has 0 aliphatic heterocycles. The summed E-state index contributed by atoms with van der Waals surface area (Å²) < 4.78 is 62.6. The average Bonchev–Trinajstić information content (AvgIpc) is 2.52. The second kappa shape index (κ2) is 7.03. The molecule has 2 aromatic rings. The van der Waals surface area contributed by atoms with Crippen molar-refractivity contribution in [2.24, 2.45) is 0 Å². The number of carbonyl (C=O) groups excluding carboxylic acids is 1. The van der Waals surface area contributed by atoms with Gasteiger partial charge in [0.2, 0.25) is 0 Å². The Morgan fingerprint density at radius 3 is 1.85 bits per heavy atom. The molecule has 0 aromatic heterocycles. The van der Waals surface area contributed by atoms with E-state index in [4.69, 9.17) is 9.11 Å². The van der Waals surface area contributed by atoms with Gasteiger partial charge in [0.1, 0.15) is 21.3 Å². The lowest BCUT2D eigenvalue weighted by Crippen LogP contribution is -2.05. The van der Waals surface area contributed by atoms with Crippen molar-refractivity contribution in [2.45, 2.75) is 22.6 Å². The molecule has 0 radical (unpaired) electrons. The Bertz CT molecular complexity index is 1070. The van der Waals surface area contributed by atoms with Gasteiger partial charge < -0.3 is 10.2 Å². The van der Waals surface area contributed by atoms with E-state index in [9.17, 15) is 31.8 Å². The van der Waals surface area contributed by atoms with Crippen LogP contribution in [0.1, 0.15) is 22.3 Å². The van der Waals surface area contributed by atoms with E-state index < -0.39 is 47.3 Å². The number of aromatic hydroxyl groups is 2. The lowest BCUT2D eigenvalue weighted by atomic mass is 10.0. The second-order valence-electron chi connectivity index (χ2n) is 5.36. The molecule has 0 saturated carbocycles. The van der Waals surface area contributed by atoms with Crippen LogP contribution in [0, 0.1) is 0 Å². The van der Waals surface area contributed by atoms with Crippen LogP contribution in [-0.2, 0) is 26.7 Å². The van der Waals surface area contributed by atoms with Crippen LogP contribution in [0.2, 0.25) is 0 Å². The number of benzene rings is 2. The van der Waals surface area contributed by atoms with E-state index in [1.807, 2.05) is 0 Å². The van der Waals surface area contributed by atoms with Crippen molar-refractivity contribution >= 4 is 26.0 Å².